The molecule has 0 saturated heterocycles. The number of hydrogen-bond acceptors (Lipinski definition) is 13. The molecule has 324 valence electrons. The van der Waals surface area contributed by atoms with Crippen molar-refractivity contribution >= 4 is 29.8 Å². The molecule has 0 bridgehead atoms. The number of aliphatic hydroxyl groups is 1. The lowest BCUT2D eigenvalue weighted by Crippen LogP contribution is -2.09. The predicted octanol–water partition coefficient (Wildman–Crippen LogP) is 7.93. The maximum absolute atomic E-state index is 12.1. The van der Waals surface area contributed by atoms with E-state index in [-0.39, 0.29) is 23.7 Å². The van der Waals surface area contributed by atoms with Crippen LogP contribution >= 0.6 is 0 Å². The molecule has 3 N–H and O–H groups in total. The SMILES string of the molecule is C=CC(=O)OCCCCO.C=CC(=O)OCCCCOc1ccc(-c2ccc(O)cc2)cc1.C=CC(=O)OCCCCOc1ccc(C(=O)Oc2ccc(C(=O)O)cc2)cc1. The van der Waals surface area contributed by atoms with Crippen LogP contribution in [0.4, 0.5) is 0 Å². The summed E-state index contributed by atoms with van der Waals surface area (Å²) in [6, 6.07) is 26.9. The smallest absolute Gasteiger partial charge is 0.343 e. The van der Waals surface area contributed by atoms with Gasteiger partial charge in [0.2, 0.25) is 0 Å². The predicted molar refractivity (Wildman–Crippen MR) is 228 cm³/mol. The van der Waals surface area contributed by atoms with Crippen molar-refractivity contribution in [2.24, 2.45) is 0 Å². The van der Waals surface area contributed by atoms with Crippen molar-refractivity contribution in [3.05, 3.63) is 146 Å². The molecule has 0 spiro atoms. The standard InChI is InChI=1S/C21H20O7.C19H20O4.C7H12O3/c1-2-19(22)27-14-4-3-13-26-17-9-7-16(8-10-17)21(25)28-18-11-5-15(6-12-18)20(23)24;1-2-19(21)23-14-4-3-13-22-18-11-7-16(8-12-18)15-5-9-17(20)10-6-15;1-2-7(9)10-6-4-3-5-8/h2,5-12H,1,3-4,13-14H2,(H,23,24);2,5-12,20H,1,3-4,13-14H2;2,8H,1,3-6H2. The summed E-state index contributed by atoms with van der Waals surface area (Å²) in [5.74, 6) is -0.930. The van der Waals surface area contributed by atoms with Gasteiger partial charge >= 0.3 is 29.8 Å². The number of esters is 4. The molecule has 0 aliphatic heterocycles. The highest BCUT2D eigenvalue weighted by molar-refractivity contribution is 5.91. The molecular formula is C47H52O14. The van der Waals surface area contributed by atoms with Crippen LogP contribution in [-0.4, -0.2) is 84.8 Å². The number of benzene rings is 4. The minimum atomic E-state index is -1.05. The third kappa shape index (κ3) is 22.0. The van der Waals surface area contributed by atoms with Crippen molar-refractivity contribution in [3.63, 3.8) is 0 Å². The fraction of sp³-hybridized carbons (Fsp3) is 0.255. The van der Waals surface area contributed by atoms with Crippen LogP contribution in [0.15, 0.2) is 135 Å². The molecule has 0 aliphatic carbocycles. The van der Waals surface area contributed by atoms with E-state index >= 15 is 0 Å². The molecule has 4 aromatic carbocycles. The summed E-state index contributed by atoms with van der Waals surface area (Å²) in [7, 11) is 0. The van der Waals surface area contributed by atoms with E-state index in [1.54, 1.807) is 36.4 Å². The molecule has 0 amide bonds. The number of aromatic carboxylic acids is 1. The fourth-order valence-corrected chi connectivity index (χ4v) is 4.61. The number of phenolic OH excluding ortho intramolecular Hbond substituents is 1. The first kappa shape index (κ1) is 50.0. The first-order valence-corrected chi connectivity index (χ1v) is 19.3. The number of phenols is 1. The van der Waals surface area contributed by atoms with Gasteiger partial charge in [-0.1, -0.05) is 44.0 Å². The first-order valence-electron chi connectivity index (χ1n) is 19.3. The molecule has 0 aromatic heterocycles. The van der Waals surface area contributed by atoms with Gasteiger partial charge in [0, 0.05) is 24.8 Å². The normalized spacial score (nSPS) is 9.85. The monoisotopic (exact) mass is 840 g/mol. The molecule has 0 unspecified atom stereocenters. The van der Waals surface area contributed by atoms with E-state index in [1.165, 1.54) is 24.3 Å². The fourth-order valence-electron chi connectivity index (χ4n) is 4.61. The Kier molecular flexibility index (Phi) is 24.5. The highest BCUT2D eigenvalue weighted by Crippen LogP contribution is 2.24. The van der Waals surface area contributed by atoms with Crippen LogP contribution in [0.25, 0.3) is 11.1 Å². The number of carboxylic acid groups (broad SMARTS) is 1. The summed E-state index contributed by atoms with van der Waals surface area (Å²) in [5, 5.41) is 26.5. The van der Waals surface area contributed by atoms with Crippen molar-refractivity contribution in [1.29, 1.82) is 0 Å². The van der Waals surface area contributed by atoms with E-state index in [4.69, 9.17) is 33.9 Å². The summed E-state index contributed by atoms with van der Waals surface area (Å²) >= 11 is 0. The molecule has 4 rings (SSSR count). The summed E-state index contributed by atoms with van der Waals surface area (Å²) < 4.78 is 30.8. The van der Waals surface area contributed by atoms with Gasteiger partial charge in [0.05, 0.1) is 44.2 Å². The number of unbranched alkanes of at least 4 members (excludes halogenated alkanes) is 3. The molecule has 14 heteroatoms. The number of carbonyl (C=O) groups excluding carboxylic acids is 4. The van der Waals surface area contributed by atoms with Crippen molar-refractivity contribution in [2.45, 2.75) is 38.5 Å². The van der Waals surface area contributed by atoms with Crippen molar-refractivity contribution in [3.8, 4) is 34.1 Å². The van der Waals surface area contributed by atoms with Crippen LogP contribution < -0.4 is 14.2 Å². The zero-order chi connectivity index (χ0) is 44.7. The van der Waals surface area contributed by atoms with Gasteiger partial charge in [0.1, 0.15) is 23.0 Å². The lowest BCUT2D eigenvalue weighted by molar-refractivity contribution is -0.138. The quantitative estimate of drug-likeness (QED) is 0.0214. The highest BCUT2D eigenvalue weighted by Gasteiger charge is 2.10. The highest BCUT2D eigenvalue weighted by atomic mass is 16.5. The van der Waals surface area contributed by atoms with Gasteiger partial charge in [-0.3, -0.25) is 0 Å². The Morgan fingerprint density at radius 3 is 1.25 bits per heavy atom. The summed E-state index contributed by atoms with van der Waals surface area (Å²) in [6.45, 7) is 12.1. The van der Waals surface area contributed by atoms with E-state index in [0.29, 0.717) is 70.0 Å². The largest absolute Gasteiger partial charge is 0.508 e. The van der Waals surface area contributed by atoms with Gasteiger partial charge < -0.3 is 43.7 Å². The van der Waals surface area contributed by atoms with Gasteiger partial charge in [0.15, 0.2) is 0 Å². The van der Waals surface area contributed by atoms with Crippen LogP contribution in [0.5, 0.6) is 23.0 Å². The number of aromatic hydroxyl groups is 1. The second kappa shape index (κ2) is 29.9. The molecular weight excluding hydrogens is 789 g/mol. The summed E-state index contributed by atoms with van der Waals surface area (Å²) in [6.07, 6.45) is 7.72. The zero-order valence-electron chi connectivity index (χ0n) is 33.9. The van der Waals surface area contributed by atoms with E-state index in [1.807, 2.05) is 36.4 Å². The number of rotatable bonds is 23. The van der Waals surface area contributed by atoms with Crippen LogP contribution in [0, 0.1) is 0 Å². The number of carbonyl (C=O) groups is 5. The molecule has 0 saturated carbocycles. The Bertz CT molecular complexity index is 1950. The zero-order valence-corrected chi connectivity index (χ0v) is 33.9. The molecule has 0 aliphatic rings. The molecule has 61 heavy (non-hydrogen) atoms. The van der Waals surface area contributed by atoms with Crippen LogP contribution in [0.2, 0.25) is 0 Å². The molecule has 0 fully saturated rings. The Morgan fingerprint density at radius 2 is 0.836 bits per heavy atom. The van der Waals surface area contributed by atoms with Gasteiger partial charge in [-0.15, -0.1) is 0 Å². The van der Waals surface area contributed by atoms with Gasteiger partial charge in [-0.25, -0.2) is 24.0 Å². The lowest BCUT2D eigenvalue weighted by atomic mass is 10.1. The Balaban J connectivity index is 0.000000349. The van der Waals surface area contributed by atoms with Gasteiger partial charge in [-0.05, 0) is 122 Å². The number of ether oxygens (including phenoxy) is 6. The second-order valence-electron chi connectivity index (χ2n) is 12.5. The van der Waals surface area contributed by atoms with E-state index in [2.05, 4.69) is 24.5 Å². The Labute approximate surface area is 355 Å². The average Bonchev–Trinajstić information content (AvgIpc) is 3.28. The molecule has 0 atom stereocenters. The summed E-state index contributed by atoms with van der Waals surface area (Å²) in [5.41, 5.74) is 2.55. The van der Waals surface area contributed by atoms with Crippen LogP contribution in [0.1, 0.15) is 59.2 Å². The number of hydrogen-bond donors (Lipinski definition) is 3. The third-order valence-electron chi connectivity index (χ3n) is 7.86. The summed E-state index contributed by atoms with van der Waals surface area (Å²) in [4.78, 5) is 55.0. The van der Waals surface area contributed by atoms with Gasteiger partial charge in [0.25, 0.3) is 0 Å². The number of carboxylic acids is 1. The molecule has 0 radical (unpaired) electrons. The Hall–Kier alpha value is -7.19. The number of aliphatic hydroxyl groups excluding tert-OH is 1. The lowest BCUT2D eigenvalue weighted by Gasteiger charge is -2.08. The topological polar surface area (TPSA) is 201 Å². The van der Waals surface area contributed by atoms with E-state index in [9.17, 15) is 29.1 Å². The third-order valence-corrected chi connectivity index (χ3v) is 7.86. The minimum absolute atomic E-state index is 0.111. The molecule has 4 aromatic rings. The van der Waals surface area contributed by atoms with Crippen molar-refractivity contribution in [2.75, 3.05) is 39.6 Å². The first-order chi connectivity index (χ1) is 29.5. The van der Waals surface area contributed by atoms with Crippen molar-refractivity contribution < 1.29 is 67.7 Å². The minimum Gasteiger partial charge on any atom is -0.508 e. The van der Waals surface area contributed by atoms with Crippen LogP contribution in [-0.2, 0) is 28.6 Å². The van der Waals surface area contributed by atoms with E-state index < -0.39 is 29.8 Å². The molecule has 14 nitrogen and oxygen atoms in total. The van der Waals surface area contributed by atoms with Crippen LogP contribution in [0.3, 0.4) is 0 Å². The Morgan fingerprint density at radius 1 is 0.475 bits per heavy atom. The van der Waals surface area contributed by atoms with Crippen molar-refractivity contribution in [1.82, 2.24) is 0 Å². The van der Waals surface area contributed by atoms with Gasteiger partial charge in [-0.2, -0.15) is 0 Å². The van der Waals surface area contributed by atoms with E-state index in [0.717, 1.165) is 47.9 Å². The maximum Gasteiger partial charge on any atom is 0.343 e. The maximum atomic E-state index is 12.1. The second-order valence-corrected chi connectivity index (χ2v) is 12.5. The molecule has 0 heterocycles. The average molecular weight is 841 g/mol.